The highest BCUT2D eigenvalue weighted by molar-refractivity contribution is 6.30. The second kappa shape index (κ2) is 10.4. The molecule has 2 unspecified atom stereocenters. The highest BCUT2D eigenvalue weighted by atomic mass is 35.5. The van der Waals surface area contributed by atoms with E-state index in [2.05, 4.69) is 0 Å². The second-order valence-electron chi connectivity index (χ2n) is 8.93. The van der Waals surface area contributed by atoms with Crippen LogP contribution < -0.4 is 4.74 Å². The van der Waals surface area contributed by atoms with E-state index in [4.69, 9.17) is 16.3 Å². The lowest BCUT2D eigenvalue weighted by Gasteiger charge is -2.24. The number of likely N-dealkylation sites (tertiary alicyclic amines) is 1. The summed E-state index contributed by atoms with van der Waals surface area (Å²) in [4.78, 5) is 40.4. The molecule has 0 spiro atoms. The maximum Gasteiger partial charge on any atom is 0.233 e. The fourth-order valence-electron chi connectivity index (χ4n) is 4.75. The van der Waals surface area contributed by atoms with Crippen LogP contribution in [0.4, 0.5) is 0 Å². The van der Waals surface area contributed by atoms with Crippen LogP contribution in [0.25, 0.3) is 10.8 Å². The number of fused-ring (bicyclic) bond motifs is 1. The van der Waals surface area contributed by atoms with Gasteiger partial charge in [0.25, 0.3) is 0 Å². The predicted octanol–water partition coefficient (Wildman–Crippen LogP) is 5.57. The molecule has 0 N–H and O–H groups in total. The number of amides is 2. The van der Waals surface area contributed by atoms with Crippen molar-refractivity contribution in [2.45, 2.75) is 38.5 Å². The first-order valence-corrected chi connectivity index (χ1v) is 11.9. The molecule has 5 nitrogen and oxygen atoms in total. The summed E-state index contributed by atoms with van der Waals surface area (Å²) in [5.41, 5.74) is 1.85. The minimum absolute atomic E-state index is 0.0972. The number of rotatable bonds is 6. The van der Waals surface area contributed by atoms with Crippen LogP contribution >= 0.6 is 11.6 Å². The third kappa shape index (κ3) is 5.15. The highest BCUT2D eigenvalue weighted by Crippen LogP contribution is 2.31. The average molecular weight is 478 g/mol. The van der Waals surface area contributed by atoms with E-state index in [9.17, 15) is 14.4 Å². The summed E-state index contributed by atoms with van der Waals surface area (Å²) in [6.45, 7) is 1.82. The van der Waals surface area contributed by atoms with Gasteiger partial charge in [0.15, 0.2) is 5.78 Å². The summed E-state index contributed by atoms with van der Waals surface area (Å²) in [7, 11) is 1.57. The Morgan fingerprint density at radius 1 is 1.12 bits per heavy atom. The van der Waals surface area contributed by atoms with Crippen LogP contribution in [-0.2, 0) is 20.8 Å². The molecule has 1 fully saturated rings. The summed E-state index contributed by atoms with van der Waals surface area (Å²) in [5, 5.41) is 2.75. The van der Waals surface area contributed by atoms with Gasteiger partial charge in [0, 0.05) is 23.8 Å². The molecule has 0 aliphatic carbocycles. The van der Waals surface area contributed by atoms with Gasteiger partial charge in [-0.2, -0.15) is 0 Å². The van der Waals surface area contributed by atoms with Gasteiger partial charge in [-0.15, -0.1) is 0 Å². The predicted molar refractivity (Wildman–Crippen MR) is 133 cm³/mol. The Morgan fingerprint density at radius 3 is 2.68 bits per heavy atom. The van der Waals surface area contributed by atoms with Gasteiger partial charge in [0.1, 0.15) is 5.75 Å². The number of carbonyl (C=O) groups is 3. The summed E-state index contributed by atoms with van der Waals surface area (Å²) in [6.07, 6.45) is 1.18. The van der Waals surface area contributed by atoms with Crippen molar-refractivity contribution < 1.29 is 19.1 Å². The molecule has 4 rings (SSSR count). The number of ether oxygens (including phenoxy) is 1. The van der Waals surface area contributed by atoms with E-state index in [0.29, 0.717) is 23.6 Å². The number of Topliss-reactive ketones (excluding diaryl/α,β-unsaturated/α-hetero) is 1. The van der Waals surface area contributed by atoms with Gasteiger partial charge < -0.3 is 4.74 Å². The lowest BCUT2D eigenvalue weighted by Crippen LogP contribution is -2.42. The van der Waals surface area contributed by atoms with E-state index < -0.39 is 5.92 Å². The standard InChI is InChI=1S/C28H28ClNO4/c1-18(24-9-5-7-19-6-3-4-8-25(19)24)14-27(32)30-17-23(31)12-10-20(28(30)33)15-21-16-22(29)11-13-26(21)34-2/h3-9,11,13,16,18,20H,10,12,14-15,17H2,1-2H3. The third-order valence-electron chi connectivity index (χ3n) is 6.57. The van der Waals surface area contributed by atoms with Crippen LogP contribution in [0.5, 0.6) is 5.75 Å². The van der Waals surface area contributed by atoms with Crippen LogP contribution in [0.1, 0.15) is 43.2 Å². The first-order chi connectivity index (χ1) is 16.4. The number of ketones is 1. The Labute approximate surface area is 204 Å². The minimum Gasteiger partial charge on any atom is -0.496 e. The maximum absolute atomic E-state index is 13.4. The highest BCUT2D eigenvalue weighted by Gasteiger charge is 2.35. The lowest BCUT2D eigenvalue weighted by molar-refractivity contribution is -0.148. The topological polar surface area (TPSA) is 63.7 Å². The number of hydrogen-bond acceptors (Lipinski definition) is 4. The van der Waals surface area contributed by atoms with Crippen LogP contribution in [0.3, 0.4) is 0 Å². The van der Waals surface area contributed by atoms with Crippen molar-refractivity contribution in [1.82, 2.24) is 4.90 Å². The lowest BCUT2D eigenvalue weighted by atomic mass is 9.91. The van der Waals surface area contributed by atoms with Crippen molar-refractivity contribution in [3.05, 3.63) is 76.8 Å². The molecular weight excluding hydrogens is 450 g/mol. The van der Waals surface area contributed by atoms with Gasteiger partial charge in [0.05, 0.1) is 13.7 Å². The zero-order valence-corrected chi connectivity index (χ0v) is 20.2. The molecule has 3 aromatic carbocycles. The Morgan fingerprint density at radius 2 is 1.88 bits per heavy atom. The molecule has 1 aliphatic heterocycles. The fourth-order valence-corrected chi connectivity index (χ4v) is 4.94. The van der Waals surface area contributed by atoms with Crippen molar-refractivity contribution in [3.8, 4) is 5.75 Å². The number of halogens is 1. The molecule has 0 saturated carbocycles. The van der Waals surface area contributed by atoms with Crippen LogP contribution in [0, 0.1) is 5.92 Å². The molecule has 1 heterocycles. The Balaban J connectivity index is 1.55. The van der Waals surface area contributed by atoms with Gasteiger partial charge >= 0.3 is 0 Å². The number of methoxy groups -OCH3 is 1. The van der Waals surface area contributed by atoms with Gasteiger partial charge in [-0.25, -0.2) is 0 Å². The van der Waals surface area contributed by atoms with Crippen LogP contribution in [0.15, 0.2) is 60.7 Å². The van der Waals surface area contributed by atoms with Gasteiger partial charge in [-0.1, -0.05) is 61.0 Å². The minimum atomic E-state index is -0.490. The fraction of sp³-hybridized carbons (Fsp3) is 0.321. The molecule has 1 aliphatic rings. The number of nitrogens with zero attached hydrogens (tertiary/aromatic N) is 1. The molecule has 6 heteroatoms. The first kappa shape index (κ1) is 24.0. The largest absolute Gasteiger partial charge is 0.496 e. The van der Waals surface area contributed by atoms with E-state index in [-0.39, 0.29) is 42.9 Å². The molecule has 0 aromatic heterocycles. The Hall–Kier alpha value is -3.18. The Bertz CT molecular complexity index is 1230. The molecule has 0 bridgehead atoms. The first-order valence-electron chi connectivity index (χ1n) is 11.5. The van der Waals surface area contributed by atoms with Crippen LogP contribution in [0.2, 0.25) is 5.02 Å². The van der Waals surface area contributed by atoms with Gasteiger partial charge in [0.2, 0.25) is 11.8 Å². The van der Waals surface area contributed by atoms with Crippen molar-refractivity contribution in [3.63, 3.8) is 0 Å². The molecule has 1 saturated heterocycles. The quantitative estimate of drug-likeness (QED) is 0.465. The summed E-state index contributed by atoms with van der Waals surface area (Å²) >= 11 is 6.16. The maximum atomic E-state index is 13.4. The van der Waals surface area contributed by atoms with Crippen molar-refractivity contribution in [2.24, 2.45) is 5.92 Å². The number of hydrogen-bond donors (Lipinski definition) is 0. The monoisotopic (exact) mass is 477 g/mol. The van der Waals surface area contributed by atoms with Crippen molar-refractivity contribution >= 4 is 40.0 Å². The molecule has 2 atom stereocenters. The molecule has 2 amide bonds. The second-order valence-corrected chi connectivity index (χ2v) is 9.36. The molecule has 176 valence electrons. The van der Waals surface area contributed by atoms with E-state index in [1.807, 2.05) is 49.4 Å². The molecule has 34 heavy (non-hydrogen) atoms. The average Bonchev–Trinajstić information content (AvgIpc) is 2.97. The van der Waals surface area contributed by atoms with E-state index >= 15 is 0 Å². The number of imide groups is 1. The SMILES string of the molecule is COc1ccc(Cl)cc1CC1CCC(=O)CN(C(=O)CC(C)c2cccc3ccccc23)C1=O. The number of carbonyl (C=O) groups excluding carboxylic acids is 3. The van der Waals surface area contributed by atoms with E-state index in [1.165, 1.54) is 4.90 Å². The molecule has 0 radical (unpaired) electrons. The number of benzene rings is 3. The molecule has 3 aromatic rings. The van der Waals surface area contributed by atoms with Crippen LogP contribution in [-0.4, -0.2) is 36.2 Å². The zero-order valence-electron chi connectivity index (χ0n) is 19.4. The van der Waals surface area contributed by atoms with Crippen molar-refractivity contribution in [1.29, 1.82) is 0 Å². The Kier molecular flexibility index (Phi) is 7.32. The summed E-state index contributed by atoms with van der Waals surface area (Å²) in [6, 6.07) is 19.3. The third-order valence-corrected chi connectivity index (χ3v) is 6.80. The van der Waals surface area contributed by atoms with E-state index in [1.54, 1.807) is 25.3 Å². The smallest absolute Gasteiger partial charge is 0.233 e. The van der Waals surface area contributed by atoms with Crippen molar-refractivity contribution in [2.75, 3.05) is 13.7 Å². The van der Waals surface area contributed by atoms with E-state index in [0.717, 1.165) is 21.9 Å². The summed E-state index contributed by atoms with van der Waals surface area (Å²) in [5.74, 6) is -0.672. The zero-order chi connectivity index (χ0) is 24.2. The normalized spacial score (nSPS) is 17.5. The van der Waals surface area contributed by atoms with Gasteiger partial charge in [-0.05, 0) is 58.9 Å². The van der Waals surface area contributed by atoms with Gasteiger partial charge in [-0.3, -0.25) is 19.3 Å². The summed E-state index contributed by atoms with van der Waals surface area (Å²) < 4.78 is 5.42. The molecular formula is C28H28ClNO4.